The van der Waals surface area contributed by atoms with Gasteiger partial charge >= 0.3 is 0 Å². The van der Waals surface area contributed by atoms with Crippen LogP contribution in [0.4, 0.5) is 5.69 Å². The first-order chi connectivity index (χ1) is 9.66. The summed E-state index contributed by atoms with van der Waals surface area (Å²) in [5, 5.41) is 8.00. The lowest BCUT2D eigenvalue weighted by atomic mass is 10.2. The number of hydrogen-bond acceptors (Lipinski definition) is 3. The number of benzene rings is 1. The largest absolute Gasteiger partial charge is 0.369 e. The van der Waals surface area contributed by atoms with Crippen LogP contribution < -0.4 is 10.2 Å². The van der Waals surface area contributed by atoms with Crippen LogP contribution in [-0.4, -0.2) is 36.0 Å². The summed E-state index contributed by atoms with van der Waals surface area (Å²) in [6.07, 6.45) is 0. The summed E-state index contributed by atoms with van der Waals surface area (Å²) >= 11 is 0. The van der Waals surface area contributed by atoms with E-state index in [4.69, 9.17) is 0 Å². The molecule has 1 aliphatic heterocycles. The Hall–Kier alpha value is -1.81. The Balaban J connectivity index is 1.87. The molecule has 1 aromatic carbocycles. The molecular formula is C16H22N4. The third kappa shape index (κ3) is 2.31. The molecule has 1 fully saturated rings. The highest BCUT2D eigenvalue weighted by Gasteiger charge is 2.12. The molecule has 0 atom stereocenters. The Bertz CT molecular complexity index is 592. The summed E-state index contributed by atoms with van der Waals surface area (Å²) in [5.41, 5.74) is 6.04. The van der Waals surface area contributed by atoms with Crippen molar-refractivity contribution in [2.75, 3.05) is 31.1 Å². The zero-order valence-electron chi connectivity index (χ0n) is 12.5. The van der Waals surface area contributed by atoms with Gasteiger partial charge in [-0.1, -0.05) is 0 Å². The minimum atomic E-state index is 1.07. The molecule has 0 aliphatic carbocycles. The van der Waals surface area contributed by atoms with Crippen LogP contribution in [0.25, 0.3) is 5.69 Å². The fourth-order valence-corrected chi connectivity index (χ4v) is 2.70. The molecular weight excluding hydrogens is 248 g/mol. The quantitative estimate of drug-likeness (QED) is 0.908. The van der Waals surface area contributed by atoms with Gasteiger partial charge in [-0.2, -0.15) is 5.10 Å². The SMILES string of the molecule is Cc1nn(-c2ccc(N3CCNCC3)cc2)c(C)c1C. The number of aryl methyl sites for hydroxylation is 1. The average Bonchev–Trinajstić information content (AvgIpc) is 2.76. The van der Waals surface area contributed by atoms with Crippen molar-refractivity contribution in [3.63, 3.8) is 0 Å². The molecule has 0 amide bonds. The topological polar surface area (TPSA) is 33.1 Å². The van der Waals surface area contributed by atoms with Gasteiger partial charge in [0.25, 0.3) is 0 Å². The molecule has 1 aromatic heterocycles. The van der Waals surface area contributed by atoms with Crippen LogP contribution in [0.5, 0.6) is 0 Å². The van der Waals surface area contributed by atoms with Crippen molar-refractivity contribution in [2.45, 2.75) is 20.8 Å². The lowest BCUT2D eigenvalue weighted by molar-refractivity contribution is 0.589. The van der Waals surface area contributed by atoms with Gasteiger partial charge in [-0.05, 0) is 50.6 Å². The fraction of sp³-hybridized carbons (Fsp3) is 0.438. The zero-order chi connectivity index (χ0) is 14.1. The standard InChI is InChI=1S/C16H22N4/c1-12-13(2)18-20(14(12)3)16-6-4-15(5-7-16)19-10-8-17-9-11-19/h4-7,17H,8-11H2,1-3H3. The van der Waals surface area contributed by atoms with E-state index in [1.54, 1.807) is 0 Å². The molecule has 0 bridgehead atoms. The lowest BCUT2D eigenvalue weighted by Crippen LogP contribution is -2.43. The Morgan fingerprint density at radius 2 is 1.55 bits per heavy atom. The van der Waals surface area contributed by atoms with Crippen LogP contribution in [-0.2, 0) is 0 Å². The van der Waals surface area contributed by atoms with Crippen LogP contribution in [0.1, 0.15) is 17.0 Å². The van der Waals surface area contributed by atoms with E-state index in [2.05, 4.69) is 60.4 Å². The highest BCUT2D eigenvalue weighted by Crippen LogP contribution is 2.20. The second-order valence-electron chi connectivity index (χ2n) is 5.46. The van der Waals surface area contributed by atoms with Crippen LogP contribution in [0.15, 0.2) is 24.3 Å². The molecule has 1 saturated heterocycles. The smallest absolute Gasteiger partial charge is 0.0650 e. The molecule has 106 valence electrons. The maximum Gasteiger partial charge on any atom is 0.0650 e. The van der Waals surface area contributed by atoms with Gasteiger partial charge in [0.1, 0.15) is 0 Å². The van der Waals surface area contributed by atoms with Crippen LogP contribution >= 0.6 is 0 Å². The number of nitrogens with zero attached hydrogens (tertiary/aromatic N) is 3. The lowest BCUT2D eigenvalue weighted by Gasteiger charge is -2.29. The summed E-state index contributed by atoms with van der Waals surface area (Å²) in [4.78, 5) is 2.42. The molecule has 4 heteroatoms. The second-order valence-corrected chi connectivity index (χ2v) is 5.46. The number of anilines is 1. The van der Waals surface area contributed by atoms with Crippen molar-refractivity contribution in [3.8, 4) is 5.69 Å². The van der Waals surface area contributed by atoms with Gasteiger partial charge in [-0.25, -0.2) is 4.68 Å². The minimum absolute atomic E-state index is 1.07. The van der Waals surface area contributed by atoms with E-state index in [1.165, 1.54) is 16.9 Å². The first kappa shape index (κ1) is 13.2. The summed E-state index contributed by atoms with van der Waals surface area (Å²) < 4.78 is 2.03. The number of hydrogen-bond donors (Lipinski definition) is 1. The fourth-order valence-electron chi connectivity index (χ4n) is 2.70. The van der Waals surface area contributed by atoms with Crippen LogP contribution in [0.3, 0.4) is 0 Å². The van der Waals surface area contributed by atoms with Gasteiger partial charge in [-0.15, -0.1) is 0 Å². The first-order valence-corrected chi connectivity index (χ1v) is 7.26. The van der Waals surface area contributed by atoms with Gasteiger partial charge < -0.3 is 10.2 Å². The van der Waals surface area contributed by atoms with Crippen molar-refractivity contribution in [3.05, 3.63) is 41.2 Å². The van der Waals surface area contributed by atoms with Gasteiger partial charge in [0.15, 0.2) is 0 Å². The maximum atomic E-state index is 4.62. The Labute approximate surface area is 120 Å². The normalized spacial score (nSPS) is 15.7. The monoisotopic (exact) mass is 270 g/mol. The van der Waals surface area contributed by atoms with Gasteiger partial charge in [0, 0.05) is 37.6 Å². The van der Waals surface area contributed by atoms with E-state index in [0.717, 1.165) is 37.6 Å². The second kappa shape index (κ2) is 5.29. The van der Waals surface area contributed by atoms with Crippen molar-refractivity contribution in [2.24, 2.45) is 0 Å². The number of aromatic nitrogens is 2. The van der Waals surface area contributed by atoms with E-state index in [1.807, 2.05) is 4.68 Å². The maximum absolute atomic E-state index is 4.62. The van der Waals surface area contributed by atoms with E-state index in [-0.39, 0.29) is 0 Å². The average molecular weight is 270 g/mol. The molecule has 4 nitrogen and oxygen atoms in total. The number of nitrogens with one attached hydrogen (secondary N) is 1. The zero-order valence-corrected chi connectivity index (χ0v) is 12.5. The van der Waals surface area contributed by atoms with Crippen molar-refractivity contribution in [1.29, 1.82) is 0 Å². The molecule has 0 unspecified atom stereocenters. The molecule has 0 saturated carbocycles. The molecule has 20 heavy (non-hydrogen) atoms. The predicted octanol–water partition coefficient (Wildman–Crippen LogP) is 2.21. The number of piperazine rings is 1. The van der Waals surface area contributed by atoms with E-state index in [0.29, 0.717) is 0 Å². The molecule has 3 rings (SSSR count). The van der Waals surface area contributed by atoms with Crippen molar-refractivity contribution < 1.29 is 0 Å². The first-order valence-electron chi connectivity index (χ1n) is 7.26. The molecule has 2 heterocycles. The van der Waals surface area contributed by atoms with Gasteiger partial charge in [0.05, 0.1) is 11.4 Å². The Morgan fingerprint density at radius 1 is 0.950 bits per heavy atom. The molecule has 0 spiro atoms. The summed E-state index contributed by atoms with van der Waals surface area (Å²) in [6, 6.07) is 8.73. The summed E-state index contributed by atoms with van der Waals surface area (Å²) in [5.74, 6) is 0. The van der Waals surface area contributed by atoms with Crippen molar-refractivity contribution in [1.82, 2.24) is 15.1 Å². The number of rotatable bonds is 2. The molecule has 1 aliphatic rings. The molecule has 0 radical (unpaired) electrons. The predicted molar refractivity (Wildman–Crippen MR) is 82.9 cm³/mol. The van der Waals surface area contributed by atoms with Gasteiger partial charge in [0.2, 0.25) is 0 Å². The van der Waals surface area contributed by atoms with E-state index in [9.17, 15) is 0 Å². The van der Waals surface area contributed by atoms with E-state index >= 15 is 0 Å². The Morgan fingerprint density at radius 3 is 2.10 bits per heavy atom. The third-order valence-electron chi connectivity index (χ3n) is 4.23. The summed E-state index contributed by atoms with van der Waals surface area (Å²) in [6.45, 7) is 10.6. The van der Waals surface area contributed by atoms with Crippen LogP contribution in [0.2, 0.25) is 0 Å². The third-order valence-corrected chi connectivity index (χ3v) is 4.23. The molecule has 2 aromatic rings. The van der Waals surface area contributed by atoms with Crippen molar-refractivity contribution >= 4 is 5.69 Å². The van der Waals surface area contributed by atoms with Gasteiger partial charge in [-0.3, -0.25) is 0 Å². The summed E-state index contributed by atoms with van der Waals surface area (Å²) in [7, 11) is 0. The Kier molecular flexibility index (Phi) is 3.49. The molecule has 1 N–H and O–H groups in total. The van der Waals surface area contributed by atoms with E-state index < -0.39 is 0 Å². The minimum Gasteiger partial charge on any atom is -0.369 e. The highest BCUT2D eigenvalue weighted by molar-refractivity contribution is 5.51. The van der Waals surface area contributed by atoms with Crippen LogP contribution in [0, 0.1) is 20.8 Å². The highest BCUT2D eigenvalue weighted by atomic mass is 15.3.